The molecule has 1 aromatic carbocycles. The average molecular weight is 416 g/mol. The summed E-state index contributed by atoms with van der Waals surface area (Å²) in [7, 11) is 0. The van der Waals surface area contributed by atoms with Crippen molar-refractivity contribution < 1.29 is 4.57 Å². The van der Waals surface area contributed by atoms with Gasteiger partial charge in [0, 0.05) is 29.9 Å². The van der Waals surface area contributed by atoms with Crippen molar-refractivity contribution in [3.05, 3.63) is 90.4 Å². The second-order valence-electron chi connectivity index (χ2n) is 8.90. The maximum absolute atomic E-state index is 4.52. The van der Waals surface area contributed by atoms with Crippen molar-refractivity contribution in [3.8, 4) is 11.3 Å². The Bertz CT molecular complexity index is 953. The third-order valence-electron chi connectivity index (χ3n) is 6.98. The number of hydrogen-bond donors (Lipinski definition) is 1. The Labute approximate surface area is 189 Å². The van der Waals surface area contributed by atoms with E-state index in [9.17, 15) is 0 Å². The maximum atomic E-state index is 4.52. The van der Waals surface area contributed by atoms with Crippen LogP contribution in [0.15, 0.2) is 84.9 Å². The molecule has 0 spiro atoms. The minimum Gasteiger partial charge on any atom is -0.363 e. The molecule has 1 N–H and O–H groups in total. The number of benzene rings is 1. The van der Waals surface area contributed by atoms with E-state index < -0.39 is 0 Å². The van der Waals surface area contributed by atoms with Gasteiger partial charge in [-0.15, -0.1) is 0 Å². The minimum absolute atomic E-state index is 0.231. The summed E-state index contributed by atoms with van der Waals surface area (Å²) >= 11 is 0. The van der Waals surface area contributed by atoms with Gasteiger partial charge in [0.15, 0.2) is 12.2 Å². The first kappa shape index (κ1) is 23.1. The van der Waals surface area contributed by atoms with E-state index in [2.05, 4.69) is 118 Å². The molecule has 0 saturated carbocycles. The maximum Gasteiger partial charge on any atom is 0.213 e. The van der Waals surface area contributed by atoms with Crippen LogP contribution >= 0.6 is 0 Å². The van der Waals surface area contributed by atoms with E-state index in [4.69, 9.17) is 0 Å². The summed E-state index contributed by atoms with van der Waals surface area (Å²) in [4.78, 5) is 0. The van der Waals surface area contributed by atoms with E-state index in [1.54, 1.807) is 0 Å². The zero-order valence-electron chi connectivity index (χ0n) is 19.9. The summed E-state index contributed by atoms with van der Waals surface area (Å²) in [5.74, 6) is 1.53. The van der Waals surface area contributed by atoms with Gasteiger partial charge in [-0.05, 0) is 56.7 Å². The number of allylic oxidation sites excluding steroid dienone is 5. The number of fused-ring (bicyclic) bond motifs is 3. The second-order valence-corrected chi connectivity index (χ2v) is 8.90. The highest BCUT2D eigenvalue weighted by molar-refractivity contribution is 5.64. The Morgan fingerprint density at radius 2 is 1.90 bits per heavy atom. The fourth-order valence-corrected chi connectivity index (χ4v) is 4.96. The fourth-order valence-electron chi connectivity index (χ4n) is 4.96. The Morgan fingerprint density at radius 1 is 1.16 bits per heavy atom. The first-order valence-electron chi connectivity index (χ1n) is 11.8. The van der Waals surface area contributed by atoms with E-state index in [1.165, 1.54) is 29.7 Å². The summed E-state index contributed by atoms with van der Waals surface area (Å²) in [6.07, 6.45) is 12.5. The molecular weight excluding hydrogens is 376 g/mol. The topological polar surface area (TPSA) is 15.9 Å². The van der Waals surface area contributed by atoms with Gasteiger partial charge in [0.05, 0.1) is 11.5 Å². The molecule has 3 rings (SSSR count). The smallest absolute Gasteiger partial charge is 0.213 e. The van der Waals surface area contributed by atoms with Crippen LogP contribution < -0.4 is 9.88 Å². The van der Waals surface area contributed by atoms with Crippen LogP contribution in [0.2, 0.25) is 0 Å². The monoisotopic (exact) mass is 415 g/mol. The lowest BCUT2D eigenvalue weighted by molar-refractivity contribution is -0.718. The largest absolute Gasteiger partial charge is 0.363 e. The molecule has 4 unspecified atom stereocenters. The van der Waals surface area contributed by atoms with E-state index in [0.29, 0.717) is 17.9 Å². The predicted octanol–water partition coefficient (Wildman–Crippen LogP) is 7.33. The second kappa shape index (κ2) is 10.6. The van der Waals surface area contributed by atoms with Crippen molar-refractivity contribution in [1.82, 2.24) is 5.32 Å². The van der Waals surface area contributed by atoms with Crippen LogP contribution in [-0.4, -0.2) is 0 Å². The summed E-state index contributed by atoms with van der Waals surface area (Å²) < 4.78 is 2.49. The molecule has 1 aliphatic heterocycles. The van der Waals surface area contributed by atoms with Gasteiger partial charge < -0.3 is 5.32 Å². The molecule has 1 aromatic heterocycles. The van der Waals surface area contributed by atoms with Crippen LogP contribution in [0.1, 0.15) is 71.4 Å². The Morgan fingerprint density at radius 3 is 2.61 bits per heavy atom. The Kier molecular flexibility index (Phi) is 7.90. The third-order valence-corrected chi connectivity index (χ3v) is 6.98. The van der Waals surface area contributed by atoms with Crippen LogP contribution in [0.25, 0.3) is 11.3 Å². The van der Waals surface area contributed by atoms with Gasteiger partial charge in [0.25, 0.3) is 0 Å². The van der Waals surface area contributed by atoms with Gasteiger partial charge in [-0.3, -0.25) is 0 Å². The minimum atomic E-state index is 0.231. The fraction of sp³-hybridized carbons (Fsp3) is 0.414. The molecule has 31 heavy (non-hydrogen) atoms. The molecular formula is C29H39N2+. The van der Waals surface area contributed by atoms with Gasteiger partial charge in [0.2, 0.25) is 5.69 Å². The number of pyridine rings is 1. The number of nitrogens with zero attached hydrogens (tertiary/aromatic N) is 1. The van der Waals surface area contributed by atoms with Gasteiger partial charge >= 0.3 is 0 Å². The van der Waals surface area contributed by atoms with Crippen LogP contribution in [0, 0.1) is 11.8 Å². The molecule has 0 aliphatic carbocycles. The van der Waals surface area contributed by atoms with Crippen LogP contribution in [0.5, 0.6) is 0 Å². The van der Waals surface area contributed by atoms with E-state index in [1.807, 2.05) is 0 Å². The Balaban J connectivity index is 2.03. The summed E-state index contributed by atoms with van der Waals surface area (Å²) in [6.45, 7) is 15.5. The number of rotatable bonds is 9. The molecule has 0 fully saturated rings. The zero-order valence-corrected chi connectivity index (χ0v) is 19.9. The molecule has 0 amide bonds. The van der Waals surface area contributed by atoms with Crippen LogP contribution in [0.3, 0.4) is 0 Å². The van der Waals surface area contributed by atoms with E-state index in [-0.39, 0.29) is 5.92 Å². The highest BCUT2D eigenvalue weighted by Crippen LogP contribution is 2.43. The normalized spacial score (nSPS) is 20.1. The molecule has 0 bridgehead atoms. The van der Waals surface area contributed by atoms with Gasteiger partial charge in [-0.25, -0.2) is 0 Å². The highest BCUT2D eigenvalue weighted by atomic mass is 15.0. The zero-order chi connectivity index (χ0) is 22.4. The molecule has 2 heterocycles. The van der Waals surface area contributed by atoms with Crippen molar-refractivity contribution >= 4 is 0 Å². The molecule has 1 aliphatic rings. The molecule has 164 valence electrons. The summed E-state index contributed by atoms with van der Waals surface area (Å²) in [5, 5.41) is 3.59. The lowest BCUT2D eigenvalue weighted by Crippen LogP contribution is -2.48. The number of nitrogens with one attached hydrogen (secondary N) is 1. The molecule has 0 saturated heterocycles. The van der Waals surface area contributed by atoms with E-state index >= 15 is 0 Å². The molecule has 2 nitrogen and oxygen atoms in total. The molecule has 2 aromatic rings. The molecule has 2 heteroatoms. The average Bonchev–Trinajstić information content (AvgIpc) is 2.80. The van der Waals surface area contributed by atoms with Gasteiger partial charge in [-0.2, -0.15) is 4.57 Å². The Hall–Kier alpha value is -2.61. The van der Waals surface area contributed by atoms with Crippen LogP contribution in [0.4, 0.5) is 0 Å². The first-order chi connectivity index (χ1) is 15.0. The van der Waals surface area contributed by atoms with Crippen molar-refractivity contribution in [3.63, 3.8) is 0 Å². The SMILES string of the molecule is C=C(N/C(C)=C\C)C1c2ccccc2-c2cccc[n+]2C1CCC(/C=C\C)C(C)CC. The van der Waals surface area contributed by atoms with Gasteiger partial charge in [0.1, 0.15) is 0 Å². The number of aromatic nitrogens is 1. The van der Waals surface area contributed by atoms with E-state index in [0.717, 1.165) is 17.8 Å². The first-order valence-corrected chi connectivity index (χ1v) is 11.8. The highest BCUT2D eigenvalue weighted by Gasteiger charge is 2.41. The lowest BCUT2D eigenvalue weighted by Gasteiger charge is -2.33. The summed E-state index contributed by atoms with van der Waals surface area (Å²) in [5.41, 5.74) is 6.24. The predicted molar refractivity (Wildman–Crippen MR) is 133 cm³/mol. The number of hydrogen-bond acceptors (Lipinski definition) is 1. The summed E-state index contributed by atoms with van der Waals surface area (Å²) in [6, 6.07) is 15.8. The molecule has 4 atom stereocenters. The van der Waals surface area contributed by atoms with Crippen molar-refractivity contribution in [2.45, 2.75) is 65.8 Å². The third kappa shape index (κ3) is 5.01. The quantitative estimate of drug-likeness (QED) is 0.335. The van der Waals surface area contributed by atoms with Crippen LogP contribution in [-0.2, 0) is 0 Å². The van der Waals surface area contributed by atoms with Crippen molar-refractivity contribution in [2.24, 2.45) is 11.8 Å². The standard InChI is InChI=1S/C29H39N2/c1-7-14-24(21(4)8-2)18-19-28-29(23(6)30-22(5)9-3)26-16-11-10-15-25(26)27-17-12-13-20-31(27)28/h7,9-17,20-21,24,28-30H,6,8,18-19H2,1-5H3/q+1/b14-7-,22-9-. The van der Waals surface area contributed by atoms with Crippen molar-refractivity contribution in [1.29, 1.82) is 0 Å². The molecule has 0 radical (unpaired) electrons. The van der Waals surface area contributed by atoms with Gasteiger partial charge in [-0.1, -0.05) is 63.3 Å². The van der Waals surface area contributed by atoms with Crippen molar-refractivity contribution in [2.75, 3.05) is 0 Å². The lowest BCUT2D eigenvalue weighted by atomic mass is 9.77.